The van der Waals surface area contributed by atoms with E-state index in [1.54, 1.807) is 43.0 Å². The number of aliphatic carboxylic acids is 1. The van der Waals surface area contributed by atoms with Crippen molar-refractivity contribution in [1.29, 1.82) is 0 Å². The molecular formula is C18H23NO5. The molecule has 2 atom stereocenters. The van der Waals surface area contributed by atoms with E-state index in [2.05, 4.69) is 0 Å². The average molecular weight is 333 g/mol. The summed E-state index contributed by atoms with van der Waals surface area (Å²) in [7, 11) is 0. The number of nitrogens with zero attached hydrogens (tertiary/aromatic N) is 1. The number of hydrogen-bond acceptors (Lipinski definition) is 4. The largest absolute Gasteiger partial charge is 0.481 e. The zero-order valence-corrected chi connectivity index (χ0v) is 14.2. The third-order valence-corrected chi connectivity index (χ3v) is 4.06. The van der Waals surface area contributed by atoms with Gasteiger partial charge in [0.2, 0.25) is 0 Å². The van der Waals surface area contributed by atoms with Gasteiger partial charge in [-0.15, -0.1) is 0 Å². The third-order valence-electron chi connectivity index (χ3n) is 4.06. The maximum absolute atomic E-state index is 12.6. The molecule has 0 bridgehead atoms. The van der Waals surface area contributed by atoms with Crippen LogP contribution in [0.15, 0.2) is 24.3 Å². The molecule has 0 radical (unpaired) electrons. The van der Waals surface area contributed by atoms with Crippen molar-refractivity contribution in [3.63, 3.8) is 0 Å². The molecule has 2 unspecified atom stereocenters. The van der Waals surface area contributed by atoms with E-state index >= 15 is 0 Å². The fourth-order valence-electron chi connectivity index (χ4n) is 2.45. The normalized spacial score (nSPS) is 16.1. The van der Waals surface area contributed by atoms with Crippen LogP contribution in [0.5, 0.6) is 5.75 Å². The van der Waals surface area contributed by atoms with E-state index in [1.165, 1.54) is 6.92 Å². The molecule has 1 aromatic rings. The fourth-order valence-corrected chi connectivity index (χ4v) is 2.45. The topological polar surface area (TPSA) is 83.9 Å². The summed E-state index contributed by atoms with van der Waals surface area (Å²) >= 11 is 0. The molecule has 130 valence electrons. The average Bonchev–Trinajstić information content (AvgIpc) is 3.36. The van der Waals surface area contributed by atoms with Crippen molar-refractivity contribution >= 4 is 17.7 Å². The summed E-state index contributed by atoms with van der Waals surface area (Å²) in [6, 6.07) is 6.79. The number of amides is 1. The molecule has 6 nitrogen and oxygen atoms in total. The number of carboxylic acids is 1. The predicted octanol–water partition coefficient (Wildman–Crippen LogP) is 2.37. The Balaban J connectivity index is 2.05. The van der Waals surface area contributed by atoms with E-state index in [4.69, 9.17) is 9.84 Å². The predicted molar refractivity (Wildman–Crippen MR) is 88.1 cm³/mol. The first-order chi connectivity index (χ1) is 11.3. The van der Waals surface area contributed by atoms with Crippen molar-refractivity contribution in [3.8, 4) is 5.75 Å². The molecule has 2 rings (SSSR count). The lowest BCUT2D eigenvalue weighted by atomic mass is 10.1. The van der Waals surface area contributed by atoms with Crippen LogP contribution in [0.2, 0.25) is 0 Å². The van der Waals surface area contributed by atoms with Gasteiger partial charge < -0.3 is 14.7 Å². The van der Waals surface area contributed by atoms with E-state index in [0.29, 0.717) is 11.3 Å². The van der Waals surface area contributed by atoms with Gasteiger partial charge in [0.1, 0.15) is 5.75 Å². The number of carbonyl (C=O) groups excluding carboxylic acids is 2. The molecule has 0 aliphatic heterocycles. The first kappa shape index (κ1) is 18.0. The molecule has 1 amide bonds. The number of benzene rings is 1. The van der Waals surface area contributed by atoms with Gasteiger partial charge >= 0.3 is 5.97 Å². The van der Waals surface area contributed by atoms with Gasteiger partial charge in [-0.1, -0.05) is 19.1 Å². The number of ether oxygens (including phenoxy) is 1. The van der Waals surface area contributed by atoms with Gasteiger partial charge in [0, 0.05) is 18.2 Å². The van der Waals surface area contributed by atoms with E-state index in [9.17, 15) is 14.4 Å². The SMILES string of the molecule is CC(=O)c1cccc(OC(C)C(=O)N(CC(C)C(=O)O)C2CC2)c1. The minimum Gasteiger partial charge on any atom is -0.481 e. The molecule has 1 N–H and O–H groups in total. The maximum Gasteiger partial charge on any atom is 0.308 e. The second-order valence-corrected chi connectivity index (χ2v) is 6.31. The minimum atomic E-state index is -0.920. The lowest BCUT2D eigenvalue weighted by Gasteiger charge is -2.27. The first-order valence-corrected chi connectivity index (χ1v) is 8.10. The quantitative estimate of drug-likeness (QED) is 0.738. The van der Waals surface area contributed by atoms with Crippen LogP contribution in [0.1, 0.15) is 44.0 Å². The van der Waals surface area contributed by atoms with E-state index in [1.807, 2.05) is 0 Å². The molecule has 1 fully saturated rings. The third kappa shape index (κ3) is 4.57. The number of carbonyl (C=O) groups is 3. The van der Waals surface area contributed by atoms with Crippen molar-refractivity contribution in [2.45, 2.75) is 45.8 Å². The standard InChI is InChI=1S/C18H23NO5/c1-11(18(22)23)10-19(15-7-8-15)17(21)13(3)24-16-6-4-5-14(9-16)12(2)20/h4-6,9,11,13,15H,7-8,10H2,1-3H3,(H,22,23). The van der Waals surface area contributed by atoms with Gasteiger partial charge in [-0.05, 0) is 38.8 Å². The van der Waals surface area contributed by atoms with E-state index < -0.39 is 18.0 Å². The zero-order valence-electron chi connectivity index (χ0n) is 14.2. The fraction of sp³-hybridized carbons (Fsp3) is 0.500. The van der Waals surface area contributed by atoms with Crippen molar-refractivity contribution in [3.05, 3.63) is 29.8 Å². The van der Waals surface area contributed by atoms with Crippen LogP contribution in [0.25, 0.3) is 0 Å². The summed E-state index contributed by atoms with van der Waals surface area (Å²) in [6.07, 6.45) is 1.05. The molecule has 24 heavy (non-hydrogen) atoms. The zero-order chi connectivity index (χ0) is 17.9. The maximum atomic E-state index is 12.6. The lowest BCUT2D eigenvalue weighted by Crippen LogP contribution is -2.45. The minimum absolute atomic E-state index is 0.0747. The molecule has 1 aliphatic rings. The monoisotopic (exact) mass is 333 g/mol. The second-order valence-electron chi connectivity index (χ2n) is 6.31. The summed E-state index contributed by atoms with van der Waals surface area (Å²) in [5.41, 5.74) is 0.519. The smallest absolute Gasteiger partial charge is 0.308 e. The molecule has 0 spiro atoms. The van der Waals surface area contributed by atoms with Crippen LogP contribution >= 0.6 is 0 Å². The van der Waals surface area contributed by atoms with Crippen molar-refractivity contribution in [2.24, 2.45) is 5.92 Å². The highest BCUT2D eigenvalue weighted by molar-refractivity contribution is 5.94. The molecule has 0 saturated heterocycles. The molecule has 6 heteroatoms. The van der Waals surface area contributed by atoms with Gasteiger partial charge in [0.15, 0.2) is 11.9 Å². The molecule has 1 saturated carbocycles. The van der Waals surface area contributed by atoms with Gasteiger partial charge in [0.25, 0.3) is 5.91 Å². The second kappa shape index (κ2) is 7.47. The Kier molecular flexibility index (Phi) is 5.59. The highest BCUT2D eigenvalue weighted by Crippen LogP contribution is 2.29. The Morgan fingerprint density at radius 3 is 2.50 bits per heavy atom. The van der Waals surface area contributed by atoms with Crippen LogP contribution in [0, 0.1) is 5.92 Å². The molecule has 0 aromatic heterocycles. The number of rotatable bonds is 8. The molecule has 1 aliphatic carbocycles. The van der Waals surface area contributed by atoms with Gasteiger partial charge in [-0.25, -0.2) is 0 Å². The summed E-state index contributed by atoms with van der Waals surface area (Å²) in [5.74, 6) is -1.39. The Morgan fingerprint density at radius 1 is 1.29 bits per heavy atom. The number of Topliss-reactive ketones (excluding diaryl/α,β-unsaturated/α-hetero) is 1. The Hall–Kier alpha value is -2.37. The van der Waals surface area contributed by atoms with Crippen LogP contribution < -0.4 is 4.74 Å². The van der Waals surface area contributed by atoms with Crippen LogP contribution in [0.4, 0.5) is 0 Å². The van der Waals surface area contributed by atoms with Gasteiger partial charge in [-0.2, -0.15) is 0 Å². The highest BCUT2D eigenvalue weighted by Gasteiger charge is 2.36. The Labute approximate surface area is 141 Å². The number of ketones is 1. The van der Waals surface area contributed by atoms with Crippen molar-refractivity contribution in [1.82, 2.24) is 4.90 Å². The highest BCUT2D eigenvalue weighted by atomic mass is 16.5. The molecule has 0 heterocycles. The lowest BCUT2D eigenvalue weighted by molar-refractivity contribution is -0.145. The first-order valence-electron chi connectivity index (χ1n) is 8.10. The Bertz CT molecular complexity index is 638. The van der Waals surface area contributed by atoms with E-state index in [-0.39, 0.29) is 24.3 Å². The van der Waals surface area contributed by atoms with E-state index in [0.717, 1.165) is 12.8 Å². The molecule has 1 aromatic carbocycles. The Morgan fingerprint density at radius 2 is 1.96 bits per heavy atom. The van der Waals surface area contributed by atoms with Crippen molar-refractivity contribution < 1.29 is 24.2 Å². The summed E-state index contributed by atoms with van der Waals surface area (Å²) in [5, 5.41) is 9.07. The van der Waals surface area contributed by atoms with Gasteiger partial charge in [-0.3, -0.25) is 14.4 Å². The van der Waals surface area contributed by atoms with Crippen LogP contribution in [-0.4, -0.2) is 46.4 Å². The summed E-state index contributed by atoms with van der Waals surface area (Å²) in [6.45, 7) is 4.88. The van der Waals surface area contributed by atoms with Crippen LogP contribution in [-0.2, 0) is 9.59 Å². The summed E-state index contributed by atoms with van der Waals surface area (Å²) in [4.78, 5) is 36.7. The number of hydrogen-bond donors (Lipinski definition) is 1. The van der Waals surface area contributed by atoms with Crippen LogP contribution in [0.3, 0.4) is 0 Å². The number of carboxylic acid groups (broad SMARTS) is 1. The molecular weight excluding hydrogens is 310 g/mol. The van der Waals surface area contributed by atoms with Gasteiger partial charge in [0.05, 0.1) is 5.92 Å². The summed E-state index contributed by atoms with van der Waals surface area (Å²) < 4.78 is 5.68. The van der Waals surface area contributed by atoms with Crippen molar-refractivity contribution in [2.75, 3.05) is 6.54 Å².